The normalized spacial score (nSPS) is 11.2. The van der Waals surface area contributed by atoms with Gasteiger partial charge >= 0.3 is 5.91 Å². The second-order valence-corrected chi connectivity index (χ2v) is 6.69. The third-order valence-electron chi connectivity index (χ3n) is 4.56. The molecule has 5 N–H and O–H groups in total. The van der Waals surface area contributed by atoms with E-state index in [4.69, 9.17) is 17.9 Å². The van der Waals surface area contributed by atoms with Gasteiger partial charge in [-0.3, -0.25) is 14.5 Å². The number of nitrogens with two attached hydrogens (primary N) is 2. The lowest BCUT2D eigenvalue weighted by atomic mass is 10.0. The summed E-state index contributed by atoms with van der Waals surface area (Å²) in [6.07, 6.45) is 5.43. The van der Waals surface area contributed by atoms with Crippen LogP contribution in [0.3, 0.4) is 0 Å². The van der Waals surface area contributed by atoms with Crippen molar-refractivity contribution in [2.45, 2.75) is 12.6 Å². The summed E-state index contributed by atoms with van der Waals surface area (Å²) in [4.78, 5) is 27.3. The van der Waals surface area contributed by atoms with Crippen LogP contribution >= 0.6 is 0 Å². The standard InChI is InChI=1S/C24H22N4O2/c1-2-22(29)28(21-10-6-9-20(26)15-21)23(18-11-13-19(25)14-12-18)24(30)27-16-17-7-4-3-5-8-17/h1,3-15,23H,16,25-26H2,(H,27,30). The number of rotatable bonds is 6. The predicted molar refractivity (Wildman–Crippen MR) is 119 cm³/mol. The van der Waals surface area contributed by atoms with Crippen LogP contribution in [0.5, 0.6) is 0 Å². The third kappa shape index (κ3) is 4.78. The van der Waals surface area contributed by atoms with E-state index in [-0.39, 0.29) is 5.91 Å². The maximum atomic E-state index is 13.3. The molecule has 0 heterocycles. The average Bonchev–Trinajstić information content (AvgIpc) is 2.77. The molecule has 3 aromatic carbocycles. The molecule has 0 aliphatic rings. The number of amides is 2. The molecule has 6 heteroatoms. The zero-order valence-corrected chi connectivity index (χ0v) is 16.3. The van der Waals surface area contributed by atoms with Crippen LogP contribution in [0.25, 0.3) is 0 Å². The number of benzene rings is 3. The van der Waals surface area contributed by atoms with Crippen molar-refractivity contribution in [1.29, 1.82) is 0 Å². The van der Waals surface area contributed by atoms with E-state index < -0.39 is 11.9 Å². The van der Waals surface area contributed by atoms with E-state index >= 15 is 0 Å². The molecular formula is C24H22N4O2. The fourth-order valence-corrected chi connectivity index (χ4v) is 3.11. The Morgan fingerprint density at radius 3 is 2.27 bits per heavy atom. The Balaban J connectivity index is 2.02. The van der Waals surface area contributed by atoms with Crippen molar-refractivity contribution in [1.82, 2.24) is 5.32 Å². The summed E-state index contributed by atoms with van der Waals surface area (Å²) in [6.45, 7) is 0.306. The van der Waals surface area contributed by atoms with E-state index in [1.54, 1.807) is 48.5 Å². The van der Waals surface area contributed by atoms with Gasteiger partial charge in [-0.15, -0.1) is 6.42 Å². The molecule has 0 saturated carbocycles. The van der Waals surface area contributed by atoms with Crippen LogP contribution in [0.2, 0.25) is 0 Å². The maximum Gasteiger partial charge on any atom is 0.303 e. The highest BCUT2D eigenvalue weighted by atomic mass is 16.2. The van der Waals surface area contributed by atoms with E-state index in [9.17, 15) is 9.59 Å². The van der Waals surface area contributed by atoms with Crippen molar-refractivity contribution < 1.29 is 9.59 Å². The zero-order valence-electron chi connectivity index (χ0n) is 16.3. The van der Waals surface area contributed by atoms with E-state index in [0.717, 1.165) is 5.56 Å². The van der Waals surface area contributed by atoms with Crippen molar-refractivity contribution in [2.75, 3.05) is 16.4 Å². The lowest BCUT2D eigenvalue weighted by Crippen LogP contribution is -2.43. The minimum Gasteiger partial charge on any atom is -0.399 e. The lowest BCUT2D eigenvalue weighted by Gasteiger charge is -2.30. The fraction of sp³-hybridized carbons (Fsp3) is 0.0833. The Morgan fingerprint density at radius 2 is 1.63 bits per heavy atom. The highest BCUT2D eigenvalue weighted by Gasteiger charge is 2.32. The molecule has 1 unspecified atom stereocenters. The molecule has 0 aliphatic carbocycles. The molecule has 30 heavy (non-hydrogen) atoms. The van der Waals surface area contributed by atoms with Gasteiger partial charge in [-0.05, 0) is 47.4 Å². The highest BCUT2D eigenvalue weighted by molar-refractivity contribution is 6.09. The molecule has 0 bridgehead atoms. The quantitative estimate of drug-likeness (QED) is 0.439. The first kappa shape index (κ1) is 20.5. The van der Waals surface area contributed by atoms with Crippen LogP contribution < -0.4 is 21.7 Å². The van der Waals surface area contributed by atoms with Gasteiger partial charge in [-0.1, -0.05) is 48.5 Å². The lowest BCUT2D eigenvalue weighted by molar-refractivity contribution is -0.125. The third-order valence-corrected chi connectivity index (χ3v) is 4.56. The van der Waals surface area contributed by atoms with Crippen LogP contribution in [0.15, 0.2) is 78.9 Å². The van der Waals surface area contributed by atoms with Gasteiger partial charge in [0.2, 0.25) is 5.91 Å². The molecular weight excluding hydrogens is 376 g/mol. The average molecular weight is 398 g/mol. The monoisotopic (exact) mass is 398 g/mol. The number of carbonyl (C=O) groups is 2. The number of hydrogen-bond acceptors (Lipinski definition) is 4. The smallest absolute Gasteiger partial charge is 0.303 e. The van der Waals surface area contributed by atoms with Gasteiger partial charge in [0, 0.05) is 23.6 Å². The van der Waals surface area contributed by atoms with Crippen LogP contribution in [-0.4, -0.2) is 11.8 Å². The van der Waals surface area contributed by atoms with Gasteiger partial charge < -0.3 is 16.8 Å². The van der Waals surface area contributed by atoms with Gasteiger partial charge in [0.25, 0.3) is 0 Å². The maximum absolute atomic E-state index is 13.3. The summed E-state index contributed by atoms with van der Waals surface area (Å²) in [5.74, 6) is 1.08. The molecule has 0 spiro atoms. The molecule has 0 saturated heterocycles. The topological polar surface area (TPSA) is 101 Å². The first-order valence-corrected chi connectivity index (χ1v) is 9.32. The van der Waals surface area contributed by atoms with Gasteiger partial charge in [-0.2, -0.15) is 0 Å². The molecule has 6 nitrogen and oxygen atoms in total. The van der Waals surface area contributed by atoms with Crippen LogP contribution in [-0.2, 0) is 16.1 Å². The van der Waals surface area contributed by atoms with Crippen molar-refractivity contribution in [3.8, 4) is 12.3 Å². The second kappa shape index (κ2) is 9.30. The number of anilines is 3. The van der Waals surface area contributed by atoms with Gasteiger partial charge in [-0.25, -0.2) is 0 Å². The van der Waals surface area contributed by atoms with Crippen LogP contribution in [0.4, 0.5) is 17.1 Å². The molecule has 0 aliphatic heterocycles. The molecule has 0 fully saturated rings. The first-order chi connectivity index (χ1) is 14.5. The highest BCUT2D eigenvalue weighted by Crippen LogP contribution is 2.29. The molecule has 3 rings (SSSR count). The van der Waals surface area contributed by atoms with Gasteiger partial charge in [0.05, 0.1) is 0 Å². The Morgan fingerprint density at radius 1 is 0.933 bits per heavy atom. The van der Waals surface area contributed by atoms with Crippen LogP contribution in [0, 0.1) is 12.3 Å². The number of carbonyl (C=O) groups excluding carboxylic acids is 2. The summed E-state index contributed by atoms with van der Waals surface area (Å²) >= 11 is 0. The summed E-state index contributed by atoms with van der Waals surface area (Å²) in [5.41, 5.74) is 14.6. The number of terminal acetylenes is 1. The number of hydrogen-bond donors (Lipinski definition) is 3. The molecule has 150 valence electrons. The SMILES string of the molecule is C#CC(=O)N(c1cccc(N)c1)C(C(=O)NCc1ccccc1)c1ccc(N)cc1. The molecule has 2 amide bonds. The number of nitrogens with one attached hydrogen (secondary N) is 1. The Hall–Kier alpha value is -4.24. The molecule has 0 aromatic heterocycles. The summed E-state index contributed by atoms with van der Waals surface area (Å²) in [5, 5.41) is 2.89. The molecule has 3 aromatic rings. The van der Waals surface area contributed by atoms with Crippen molar-refractivity contribution in [3.05, 3.63) is 90.0 Å². The van der Waals surface area contributed by atoms with Crippen molar-refractivity contribution in [3.63, 3.8) is 0 Å². The Kier molecular flexibility index (Phi) is 6.36. The minimum absolute atomic E-state index is 0.306. The number of nitrogens with zero attached hydrogens (tertiary/aromatic N) is 1. The minimum atomic E-state index is -1.00. The van der Waals surface area contributed by atoms with Crippen molar-refractivity contribution >= 4 is 28.9 Å². The molecule has 1 atom stereocenters. The second-order valence-electron chi connectivity index (χ2n) is 6.69. The van der Waals surface area contributed by atoms with E-state index in [0.29, 0.717) is 29.2 Å². The summed E-state index contributed by atoms with van der Waals surface area (Å²) in [7, 11) is 0. The Bertz CT molecular complexity index is 1070. The van der Waals surface area contributed by atoms with E-state index in [1.165, 1.54) is 4.90 Å². The van der Waals surface area contributed by atoms with Gasteiger partial charge in [0.15, 0.2) is 0 Å². The van der Waals surface area contributed by atoms with E-state index in [2.05, 4.69) is 11.2 Å². The first-order valence-electron chi connectivity index (χ1n) is 9.32. The van der Waals surface area contributed by atoms with Gasteiger partial charge in [0.1, 0.15) is 6.04 Å². The largest absolute Gasteiger partial charge is 0.399 e. The Labute approximate surface area is 175 Å². The zero-order chi connectivity index (χ0) is 21.5. The van der Waals surface area contributed by atoms with Crippen LogP contribution in [0.1, 0.15) is 17.2 Å². The summed E-state index contributed by atoms with van der Waals surface area (Å²) in [6, 6.07) is 21.9. The summed E-state index contributed by atoms with van der Waals surface area (Å²) < 4.78 is 0. The fourth-order valence-electron chi connectivity index (χ4n) is 3.11. The number of nitrogen functional groups attached to an aromatic ring is 2. The molecule has 0 radical (unpaired) electrons. The predicted octanol–water partition coefficient (Wildman–Crippen LogP) is 2.87. The van der Waals surface area contributed by atoms with Crippen molar-refractivity contribution in [2.24, 2.45) is 0 Å². The van der Waals surface area contributed by atoms with E-state index in [1.807, 2.05) is 30.3 Å².